The van der Waals surface area contributed by atoms with Crippen molar-refractivity contribution >= 4 is 5.97 Å². The number of ether oxygens (including phenoxy) is 1. The fourth-order valence-corrected chi connectivity index (χ4v) is 3.03. The molecule has 20 heavy (non-hydrogen) atoms. The van der Waals surface area contributed by atoms with Gasteiger partial charge in [-0.05, 0) is 24.5 Å². The Balaban J connectivity index is 1.66. The first kappa shape index (κ1) is 13.6. The van der Waals surface area contributed by atoms with Crippen LogP contribution in [-0.4, -0.2) is 41.8 Å². The van der Waals surface area contributed by atoms with Crippen molar-refractivity contribution in [1.82, 2.24) is 4.90 Å². The maximum absolute atomic E-state index is 11.7. The van der Waals surface area contributed by atoms with Gasteiger partial charge < -0.3 is 14.3 Å². The molecule has 3 rings (SSSR count). The van der Waals surface area contributed by atoms with Crippen LogP contribution in [0.5, 0.6) is 0 Å². The molecule has 2 aliphatic rings. The van der Waals surface area contributed by atoms with Gasteiger partial charge in [0.15, 0.2) is 0 Å². The molecule has 1 N–H and O–H groups in total. The predicted molar refractivity (Wildman–Crippen MR) is 72.1 cm³/mol. The molecular weight excluding hydrogens is 258 g/mol. The van der Waals surface area contributed by atoms with Crippen molar-refractivity contribution in [3.05, 3.63) is 23.7 Å². The van der Waals surface area contributed by atoms with Gasteiger partial charge in [0.05, 0.1) is 19.8 Å². The molecule has 0 radical (unpaired) electrons. The second kappa shape index (κ2) is 5.22. The molecule has 2 heterocycles. The molecule has 1 aromatic rings. The van der Waals surface area contributed by atoms with E-state index < -0.39 is 6.10 Å². The van der Waals surface area contributed by atoms with Crippen LogP contribution in [0.1, 0.15) is 37.2 Å². The van der Waals surface area contributed by atoms with Crippen molar-refractivity contribution < 1.29 is 19.1 Å². The highest BCUT2D eigenvalue weighted by Crippen LogP contribution is 2.47. The van der Waals surface area contributed by atoms with Crippen LogP contribution in [0.2, 0.25) is 0 Å². The van der Waals surface area contributed by atoms with Crippen molar-refractivity contribution in [3.8, 4) is 0 Å². The van der Waals surface area contributed by atoms with Crippen molar-refractivity contribution in [1.29, 1.82) is 0 Å². The van der Waals surface area contributed by atoms with Crippen LogP contribution in [0, 0.1) is 5.92 Å². The number of β-amino-alcohol motifs (C(OH)–C–C–N with tert-alkyl or cyclic N) is 1. The largest absolute Gasteiger partial charge is 0.468 e. The normalized spacial score (nSPS) is 33.4. The zero-order valence-corrected chi connectivity index (χ0v) is 11.9. The average Bonchev–Trinajstić information content (AvgIpc) is 2.85. The summed E-state index contributed by atoms with van der Waals surface area (Å²) >= 11 is 0. The van der Waals surface area contributed by atoms with E-state index in [1.165, 1.54) is 13.5 Å². The maximum Gasteiger partial charge on any atom is 0.323 e. The lowest BCUT2D eigenvalue weighted by atomic mass is 10.2. The van der Waals surface area contributed by atoms with Crippen molar-refractivity contribution in [2.24, 2.45) is 5.92 Å². The topological polar surface area (TPSA) is 62.9 Å². The maximum atomic E-state index is 11.7. The molecule has 0 bridgehead atoms. The summed E-state index contributed by atoms with van der Waals surface area (Å²) in [5.41, 5.74) is 0. The Labute approximate surface area is 118 Å². The van der Waals surface area contributed by atoms with Gasteiger partial charge in [0.25, 0.3) is 0 Å². The summed E-state index contributed by atoms with van der Waals surface area (Å²) in [6, 6.07) is 3.63. The Bertz CT molecular complexity index is 498. The van der Waals surface area contributed by atoms with Crippen LogP contribution in [-0.2, 0) is 16.1 Å². The van der Waals surface area contributed by atoms with Crippen LogP contribution in [0.25, 0.3) is 0 Å². The fourth-order valence-electron chi connectivity index (χ4n) is 3.03. The van der Waals surface area contributed by atoms with Gasteiger partial charge in [-0.15, -0.1) is 0 Å². The third-order valence-electron chi connectivity index (χ3n) is 4.37. The molecule has 4 atom stereocenters. The first-order valence-corrected chi connectivity index (χ1v) is 7.17. The van der Waals surface area contributed by atoms with Gasteiger partial charge in [-0.25, -0.2) is 0 Å². The van der Waals surface area contributed by atoms with E-state index in [1.54, 1.807) is 0 Å². The van der Waals surface area contributed by atoms with Crippen molar-refractivity contribution in [2.75, 3.05) is 13.7 Å². The zero-order valence-electron chi connectivity index (χ0n) is 11.9. The summed E-state index contributed by atoms with van der Waals surface area (Å²) in [5.74, 6) is 2.88. The molecule has 0 amide bonds. The number of aliphatic hydroxyl groups is 1. The predicted octanol–water partition coefficient (Wildman–Crippen LogP) is 1.51. The highest BCUT2D eigenvalue weighted by Gasteiger charge is 2.38. The van der Waals surface area contributed by atoms with Crippen molar-refractivity contribution in [2.45, 2.75) is 44.4 Å². The van der Waals surface area contributed by atoms with Crippen molar-refractivity contribution in [3.63, 3.8) is 0 Å². The van der Waals surface area contributed by atoms with E-state index in [1.807, 2.05) is 17.0 Å². The summed E-state index contributed by atoms with van der Waals surface area (Å²) in [5, 5.41) is 9.75. The van der Waals surface area contributed by atoms with E-state index in [4.69, 9.17) is 9.15 Å². The van der Waals surface area contributed by atoms with Gasteiger partial charge in [0, 0.05) is 18.9 Å². The van der Waals surface area contributed by atoms with E-state index in [2.05, 4.69) is 6.92 Å². The minimum atomic E-state index is -0.475. The molecule has 1 saturated carbocycles. The minimum Gasteiger partial charge on any atom is -0.468 e. The standard InChI is InChI=1S/C15H21NO4/c1-9-5-12(9)14-4-3-11(20-14)8-16-7-10(17)6-13(16)15(18)19-2/h3-4,9-10,12-13,17H,5-8H2,1-2H3/t9-,10+,12+,13+/m1/s1. The zero-order chi connectivity index (χ0) is 14.3. The van der Waals surface area contributed by atoms with E-state index in [0.29, 0.717) is 31.3 Å². The second-order valence-corrected chi connectivity index (χ2v) is 5.98. The molecule has 5 heteroatoms. The molecule has 2 fully saturated rings. The summed E-state index contributed by atoms with van der Waals surface area (Å²) < 4.78 is 10.7. The molecule has 0 spiro atoms. The van der Waals surface area contributed by atoms with Crippen LogP contribution in [0.15, 0.2) is 16.5 Å². The summed E-state index contributed by atoms with van der Waals surface area (Å²) in [6.45, 7) is 3.24. The van der Waals surface area contributed by atoms with Gasteiger partial charge >= 0.3 is 5.97 Å². The van der Waals surface area contributed by atoms with Gasteiger partial charge in [0.2, 0.25) is 0 Å². The molecular formula is C15H21NO4. The lowest BCUT2D eigenvalue weighted by molar-refractivity contribution is -0.146. The van der Waals surface area contributed by atoms with Gasteiger partial charge in [0.1, 0.15) is 17.6 Å². The number of furan rings is 1. The molecule has 1 aliphatic carbocycles. The minimum absolute atomic E-state index is 0.288. The first-order valence-electron chi connectivity index (χ1n) is 7.17. The van der Waals surface area contributed by atoms with E-state index in [0.717, 1.165) is 11.5 Å². The first-order chi connectivity index (χ1) is 9.58. The second-order valence-electron chi connectivity index (χ2n) is 5.98. The smallest absolute Gasteiger partial charge is 0.323 e. The number of hydrogen-bond acceptors (Lipinski definition) is 5. The van der Waals surface area contributed by atoms with Gasteiger partial charge in [-0.1, -0.05) is 6.92 Å². The number of methoxy groups -OCH3 is 1. The molecule has 110 valence electrons. The lowest BCUT2D eigenvalue weighted by Crippen LogP contribution is -2.36. The number of carbonyl (C=O) groups is 1. The highest BCUT2D eigenvalue weighted by molar-refractivity contribution is 5.76. The van der Waals surface area contributed by atoms with Crippen LogP contribution in [0.3, 0.4) is 0 Å². The van der Waals surface area contributed by atoms with E-state index in [9.17, 15) is 9.90 Å². The highest BCUT2D eigenvalue weighted by atomic mass is 16.5. The van der Waals surface area contributed by atoms with Gasteiger partial charge in [-0.3, -0.25) is 9.69 Å². The Hall–Kier alpha value is -1.33. The van der Waals surface area contributed by atoms with Crippen LogP contribution in [0.4, 0.5) is 0 Å². The molecule has 1 aromatic heterocycles. The molecule has 1 aliphatic heterocycles. The summed E-state index contributed by atoms with van der Waals surface area (Å²) in [7, 11) is 1.38. The number of rotatable bonds is 4. The SMILES string of the molecule is COC(=O)[C@@H]1C[C@H](O)CN1Cc1ccc([C@H]2C[C@H]2C)o1. The third kappa shape index (κ3) is 2.60. The Kier molecular flexibility index (Phi) is 3.56. The van der Waals surface area contributed by atoms with Crippen LogP contribution < -0.4 is 0 Å². The number of carbonyl (C=O) groups excluding carboxylic acids is 1. The number of esters is 1. The number of likely N-dealkylation sites (tertiary alicyclic amines) is 1. The van der Waals surface area contributed by atoms with Crippen LogP contribution >= 0.6 is 0 Å². The molecule has 5 nitrogen and oxygen atoms in total. The monoisotopic (exact) mass is 279 g/mol. The number of aliphatic hydroxyl groups excluding tert-OH is 1. The average molecular weight is 279 g/mol. The van der Waals surface area contributed by atoms with Gasteiger partial charge in [-0.2, -0.15) is 0 Å². The Morgan fingerprint density at radius 2 is 2.25 bits per heavy atom. The quantitative estimate of drug-likeness (QED) is 0.846. The number of hydrogen-bond donors (Lipinski definition) is 1. The van der Waals surface area contributed by atoms with E-state index >= 15 is 0 Å². The summed E-state index contributed by atoms with van der Waals surface area (Å²) in [4.78, 5) is 13.6. The Morgan fingerprint density at radius 1 is 1.50 bits per heavy atom. The third-order valence-corrected chi connectivity index (χ3v) is 4.37. The summed E-state index contributed by atoms with van der Waals surface area (Å²) in [6.07, 6.45) is 1.15. The number of nitrogens with zero attached hydrogens (tertiary/aromatic N) is 1. The Morgan fingerprint density at radius 3 is 2.90 bits per heavy atom. The molecule has 1 saturated heterocycles. The van der Waals surface area contributed by atoms with E-state index in [-0.39, 0.29) is 12.0 Å². The lowest BCUT2D eigenvalue weighted by Gasteiger charge is -2.20. The molecule has 0 unspecified atom stereocenters. The fraction of sp³-hybridized carbons (Fsp3) is 0.667. The molecule has 0 aromatic carbocycles.